The first-order valence-electron chi connectivity index (χ1n) is 13.1. The molecule has 0 unspecified atom stereocenters. The Kier molecular flexibility index (Phi) is 9.14. The molecule has 0 saturated heterocycles. The molecule has 2 amide bonds. The number of hydrogen-bond acceptors (Lipinski definition) is 5. The zero-order chi connectivity index (χ0) is 31.5. The standard InChI is InChI=1S/C30H29F4N3O5S/c1-30(33,34)17-36-28(38)20-7-4-6-19(14-20)22-15-23-25(16-24(22)37(13-5-12-31)43(3,40)41)42-27(26(23)29(39)35-2)18-8-10-21(32)11-9-18/h4,6-11,14-16H,5,12-13,17H2,1-3H3,(H,35,39)(H,36,38). The Labute approximate surface area is 245 Å². The maximum Gasteiger partial charge on any atom is 0.262 e. The molecule has 3 aromatic carbocycles. The first-order chi connectivity index (χ1) is 20.2. The molecule has 8 nitrogen and oxygen atoms in total. The highest BCUT2D eigenvalue weighted by Gasteiger charge is 2.28. The number of carbonyl (C=O) groups is 2. The Morgan fingerprint density at radius 2 is 1.70 bits per heavy atom. The van der Waals surface area contributed by atoms with Crippen molar-refractivity contribution in [2.24, 2.45) is 0 Å². The average Bonchev–Trinajstić information content (AvgIpc) is 3.33. The minimum atomic E-state index is -3.98. The second-order valence-corrected chi connectivity index (χ2v) is 11.9. The van der Waals surface area contributed by atoms with Crippen molar-refractivity contribution in [3.63, 3.8) is 0 Å². The van der Waals surface area contributed by atoms with E-state index >= 15 is 0 Å². The summed E-state index contributed by atoms with van der Waals surface area (Å²) < 4.78 is 86.5. The second-order valence-electron chi connectivity index (χ2n) is 9.97. The normalized spacial score (nSPS) is 11.9. The number of fused-ring (bicyclic) bond motifs is 1. The van der Waals surface area contributed by atoms with E-state index in [1.54, 1.807) is 6.07 Å². The van der Waals surface area contributed by atoms with Gasteiger partial charge in [0.15, 0.2) is 0 Å². The van der Waals surface area contributed by atoms with Gasteiger partial charge in [-0.25, -0.2) is 21.6 Å². The number of hydrogen-bond donors (Lipinski definition) is 2. The zero-order valence-electron chi connectivity index (χ0n) is 23.5. The lowest BCUT2D eigenvalue weighted by atomic mass is 9.97. The lowest BCUT2D eigenvalue weighted by Crippen LogP contribution is -2.34. The summed E-state index contributed by atoms with van der Waals surface area (Å²) in [6.07, 6.45) is 0.830. The number of alkyl halides is 3. The third kappa shape index (κ3) is 7.16. The van der Waals surface area contributed by atoms with Crippen LogP contribution in [0.5, 0.6) is 0 Å². The van der Waals surface area contributed by atoms with Gasteiger partial charge in [-0.1, -0.05) is 12.1 Å². The van der Waals surface area contributed by atoms with Crippen LogP contribution in [-0.2, 0) is 10.0 Å². The first-order valence-corrected chi connectivity index (χ1v) is 15.0. The van der Waals surface area contributed by atoms with Crippen LogP contribution in [0.2, 0.25) is 0 Å². The number of sulfonamides is 1. The highest BCUT2D eigenvalue weighted by Crippen LogP contribution is 2.42. The Morgan fingerprint density at radius 3 is 2.30 bits per heavy atom. The van der Waals surface area contributed by atoms with Crippen molar-refractivity contribution in [1.29, 1.82) is 0 Å². The summed E-state index contributed by atoms with van der Waals surface area (Å²) in [6.45, 7) is -1.25. The van der Waals surface area contributed by atoms with Gasteiger partial charge in [0.1, 0.15) is 17.2 Å². The van der Waals surface area contributed by atoms with E-state index in [1.807, 2.05) is 0 Å². The highest BCUT2D eigenvalue weighted by atomic mass is 32.2. The van der Waals surface area contributed by atoms with E-state index in [1.165, 1.54) is 61.6 Å². The summed E-state index contributed by atoms with van der Waals surface area (Å²) in [5.41, 5.74) is 1.23. The monoisotopic (exact) mass is 619 g/mol. The van der Waals surface area contributed by atoms with Crippen molar-refractivity contribution < 1.29 is 40.0 Å². The molecule has 2 N–H and O–H groups in total. The molecule has 0 saturated carbocycles. The van der Waals surface area contributed by atoms with Crippen molar-refractivity contribution in [2.75, 3.05) is 37.4 Å². The molecule has 43 heavy (non-hydrogen) atoms. The molecule has 1 heterocycles. The van der Waals surface area contributed by atoms with Gasteiger partial charge < -0.3 is 15.1 Å². The third-order valence-corrected chi connectivity index (χ3v) is 7.71. The molecule has 0 spiro atoms. The van der Waals surface area contributed by atoms with Crippen LogP contribution in [-0.4, -0.2) is 59.2 Å². The largest absolute Gasteiger partial charge is 0.455 e. The minimum Gasteiger partial charge on any atom is -0.455 e. The van der Waals surface area contributed by atoms with Crippen molar-refractivity contribution in [3.8, 4) is 22.5 Å². The van der Waals surface area contributed by atoms with Crippen molar-refractivity contribution >= 4 is 38.5 Å². The molecule has 0 aliphatic carbocycles. The van der Waals surface area contributed by atoms with Crippen molar-refractivity contribution in [2.45, 2.75) is 19.3 Å². The van der Waals surface area contributed by atoms with E-state index in [0.29, 0.717) is 18.1 Å². The molecule has 0 radical (unpaired) electrons. The van der Waals surface area contributed by atoms with Gasteiger partial charge in [-0.2, -0.15) is 0 Å². The molecular formula is C30H29F4N3O5S. The summed E-state index contributed by atoms with van der Waals surface area (Å²) in [5, 5.41) is 4.98. The summed E-state index contributed by atoms with van der Waals surface area (Å²) >= 11 is 0. The second kappa shape index (κ2) is 12.5. The van der Waals surface area contributed by atoms with Gasteiger partial charge in [-0.3, -0.25) is 18.3 Å². The predicted molar refractivity (Wildman–Crippen MR) is 156 cm³/mol. The maximum atomic E-state index is 13.7. The Morgan fingerprint density at radius 1 is 1.00 bits per heavy atom. The van der Waals surface area contributed by atoms with Gasteiger partial charge in [-0.05, 0) is 54.4 Å². The lowest BCUT2D eigenvalue weighted by Gasteiger charge is -2.25. The fourth-order valence-electron chi connectivity index (χ4n) is 4.56. The van der Waals surface area contributed by atoms with Crippen molar-refractivity contribution in [3.05, 3.63) is 77.6 Å². The van der Waals surface area contributed by atoms with Gasteiger partial charge in [0.25, 0.3) is 17.7 Å². The van der Waals surface area contributed by atoms with E-state index in [-0.39, 0.29) is 52.1 Å². The number of furan rings is 1. The molecule has 0 atom stereocenters. The molecule has 0 aliphatic heterocycles. The van der Waals surface area contributed by atoms with Crippen LogP contribution in [0.1, 0.15) is 34.1 Å². The van der Waals surface area contributed by atoms with E-state index in [4.69, 9.17) is 4.42 Å². The number of anilines is 1. The van der Waals surface area contributed by atoms with Crippen molar-refractivity contribution in [1.82, 2.24) is 10.6 Å². The highest BCUT2D eigenvalue weighted by molar-refractivity contribution is 7.92. The molecule has 0 aliphatic rings. The van der Waals surface area contributed by atoms with Crippen LogP contribution in [0.3, 0.4) is 0 Å². The van der Waals surface area contributed by atoms with Gasteiger partial charge in [0.2, 0.25) is 10.0 Å². The van der Waals surface area contributed by atoms with Crippen LogP contribution in [0.15, 0.2) is 65.1 Å². The molecule has 228 valence electrons. The van der Waals surface area contributed by atoms with Gasteiger partial charge >= 0.3 is 0 Å². The minimum absolute atomic E-state index is 0.0215. The molecule has 13 heteroatoms. The predicted octanol–water partition coefficient (Wildman–Crippen LogP) is 5.78. The summed E-state index contributed by atoms with van der Waals surface area (Å²) in [7, 11) is -2.57. The SMILES string of the molecule is CNC(=O)c1c(-c2ccc(F)cc2)oc2cc(N(CCCF)S(C)(=O)=O)c(-c3cccc(C(=O)NCC(C)(F)F)c3)cc12. The molecule has 4 aromatic rings. The molecular weight excluding hydrogens is 590 g/mol. The quantitative estimate of drug-likeness (QED) is 0.207. The van der Waals surface area contributed by atoms with Gasteiger partial charge in [0.05, 0.1) is 30.7 Å². The van der Waals surface area contributed by atoms with Gasteiger partial charge in [-0.15, -0.1) is 0 Å². The van der Waals surface area contributed by atoms with E-state index in [2.05, 4.69) is 10.6 Å². The number of carbonyl (C=O) groups excluding carboxylic acids is 2. The first kappa shape index (κ1) is 31.5. The van der Waals surface area contributed by atoms with Crippen LogP contribution < -0.4 is 14.9 Å². The number of benzene rings is 3. The van der Waals surface area contributed by atoms with E-state index in [9.17, 15) is 35.6 Å². The Bertz CT molecular complexity index is 1770. The molecule has 0 fully saturated rings. The van der Waals surface area contributed by atoms with Crippen LogP contribution >= 0.6 is 0 Å². The smallest absolute Gasteiger partial charge is 0.262 e. The molecule has 4 rings (SSSR count). The number of halogens is 4. The third-order valence-electron chi connectivity index (χ3n) is 6.53. The Hall–Kier alpha value is -4.39. The average molecular weight is 620 g/mol. The summed E-state index contributed by atoms with van der Waals surface area (Å²) in [4.78, 5) is 25.8. The van der Waals surface area contributed by atoms with Crippen LogP contribution in [0, 0.1) is 5.82 Å². The van der Waals surface area contributed by atoms with Gasteiger partial charge in [0, 0.05) is 48.7 Å². The number of nitrogens with zero attached hydrogens (tertiary/aromatic N) is 1. The number of nitrogens with one attached hydrogen (secondary N) is 2. The van der Waals surface area contributed by atoms with E-state index in [0.717, 1.165) is 10.6 Å². The van der Waals surface area contributed by atoms with Crippen LogP contribution in [0.25, 0.3) is 33.4 Å². The topological polar surface area (TPSA) is 109 Å². The zero-order valence-corrected chi connectivity index (χ0v) is 24.3. The molecule has 1 aromatic heterocycles. The fraction of sp³-hybridized carbons (Fsp3) is 0.267. The Balaban J connectivity index is 2.00. The van der Waals surface area contributed by atoms with E-state index < -0.39 is 46.8 Å². The number of amides is 2. The maximum absolute atomic E-state index is 13.7. The molecule has 0 bridgehead atoms. The fourth-order valence-corrected chi connectivity index (χ4v) is 5.53. The summed E-state index contributed by atoms with van der Waals surface area (Å²) in [6, 6.07) is 14.0. The summed E-state index contributed by atoms with van der Waals surface area (Å²) in [5.74, 6) is -4.87. The van der Waals surface area contributed by atoms with Crippen LogP contribution in [0.4, 0.5) is 23.2 Å². The lowest BCUT2D eigenvalue weighted by molar-refractivity contribution is 0.0221. The number of rotatable bonds is 11.